The van der Waals surface area contributed by atoms with Crippen molar-refractivity contribution in [1.82, 2.24) is 15.0 Å². The number of hydrogen-bond donors (Lipinski definition) is 0. The van der Waals surface area contributed by atoms with Gasteiger partial charge >= 0.3 is 6.09 Å². The topological polar surface area (TPSA) is 68.5 Å². The number of aromatic nitrogens is 2. The summed E-state index contributed by atoms with van der Waals surface area (Å²) in [4.78, 5) is 18.7. The van der Waals surface area contributed by atoms with Crippen molar-refractivity contribution in [2.75, 3.05) is 6.54 Å². The van der Waals surface area contributed by atoms with Gasteiger partial charge in [0, 0.05) is 23.2 Å². The second-order valence-electron chi connectivity index (χ2n) is 8.63. The van der Waals surface area contributed by atoms with Crippen molar-refractivity contribution in [3.05, 3.63) is 71.4 Å². The van der Waals surface area contributed by atoms with E-state index in [2.05, 4.69) is 22.0 Å². The first-order chi connectivity index (χ1) is 15.3. The Morgan fingerprint density at radius 1 is 1.16 bits per heavy atom. The molecule has 7 heteroatoms. The van der Waals surface area contributed by atoms with Gasteiger partial charge in [-0.1, -0.05) is 23.1 Å². The highest BCUT2D eigenvalue weighted by Crippen LogP contribution is 2.33. The van der Waals surface area contributed by atoms with Crippen LogP contribution in [0.4, 0.5) is 9.18 Å². The molecule has 1 unspecified atom stereocenters. The lowest BCUT2D eigenvalue weighted by Crippen LogP contribution is -2.36. The van der Waals surface area contributed by atoms with Crippen molar-refractivity contribution >= 4 is 6.09 Å². The first kappa shape index (κ1) is 21.6. The van der Waals surface area contributed by atoms with Crippen LogP contribution >= 0.6 is 0 Å². The zero-order valence-corrected chi connectivity index (χ0v) is 18.3. The van der Waals surface area contributed by atoms with Gasteiger partial charge in [-0.15, -0.1) is 0 Å². The van der Waals surface area contributed by atoms with Gasteiger partial charge in [0.2, 0.25) is 11.7 Å². The Labute approximate surface area is 186 Å². The molecular weight excluding hydrogens is 409 g/mol. The average Bonchev–Trinajstić information content (AvgIpc) is 3.41. The Hall–Kier alpha value is -3.66. The molecule has 2 aromatic carbocycles. The Morgan fingerprint density at radius 2 is 1.91 bits per heavy atom. The predicted molar refractivity (Wildman–Crippen MR) is 117 cm³/mol. The molecule has 6 nitrogen and oxygen atoms in total. The van der Waals surface area contributed by atoms with E-state index in [1.165, 1.54) is 12.1 Å². The van der Waals surface area contributed by atoms with E-state index in [-0.39, 0.29) is 18.0 Å². The summed E-state index contributed by atoms with van der Waals surface area (Å²) in [6, 6.07) is 13.3. The third kappa shape index (κ3) is 5.14. The SMILES string of the molecule is CC(C)(C)OC(=O)N1CCCC1c1nc(-c2ccc(C#Cc3cccc(F)c3)cc2)no1. The van der Waals surface area contributed by atoms with Gasteiger partial charge in [0.25, 0.3) is 0 Å². The van der Waals surface area contributed by atoms with Crippen LogP contribution in [0.2, 0.25) is 0 Å². The summed E-state index contributed by atoms with van der Waals surface area (Å²) < 4.78 is 24.3. The number of nitrogens with zero attached hydrogens (tertiary/aromatic N) is 3. The van der Waals surface area contributed by atoms with Crippen LogP contribution in [0, 0.1) is 17.7 Å². The Bertz CT molecular complexity index is 1170. The van der Waals surface area contributed by atoms with Crippen LogP contribution in [0.3, 0.4) is 0 Å². The molecule has 2 heterocycles. The molecule has 0 saturated carbocycles. The minimum atomic E-state index is -0.566. The highest BCUT2D eigenvalue weighted by molar-refractivity contribution is 5.69. The molecule has 3 aromatic rings. The third-order valence-electron chi connectivity index (χ3n) is 4.93. The number of carbonyl (C=O) groups is 1. The fourth-order valence-corrected chi connectivity index (χ4v) is 3.46. The minimum absolute atomic E-state index is 0.289. The summed E-state index contributed by atoms with van der Waals surface area (Å²) in [5.41, 5.74) is 1.61. The van der Waals surface area contributed by atoms with Crippen molar-refractivity contribution < 1.29 is 18.4 Å². The summed E-state index contributed by atoms with van der Waals surface area (Å²) >= 11 is 0. The second-order valence-corrected chi connectivity index (χ2v) is 8.63. The molecule has 0 bridgehead atoms. The van der Waals surface area contributed by atoms with Crippen LogP contribution in [0.5, 0.6) is 0 Å². The zero-order valence-electron chi connectivity index (χ0n) is 18.3. The maximum atomic E-state index is 13.3. The van der Waals surface area contributed by atoms with E-state index >= 15 is 0 Å². The van der Waals surface area contributed by atoms with E-state index in [1.807, 2.05) is 45.0 Å². The molecule has 1 atom stereocenters. The number of benzene rings is 2. The molecule has 1 aliphatic heterocycles. The highest BCUT2D eigenvalue weighted by atomic mass is 19.1. The van der Waals surface area contributed by atoms with E-state index < -0.39 is 5.60 Å². The molecular formula is C25H24FN3O3. The molecule has 1 amide bonds. The fraction of sp³-hybridized carbons (Fsp3) is 0.320. The first-order valence-electron chi connectivity index (χ1n) is 10.5. The molecule has 1 aromatic heterocycles. The third-order valence-corrected chi connectivity index (χ3v) is 4.93. The summed E-state index contributed by atoms with van der Waals surface area (Å²) in [5, 5.41) is 4.09. The molecule has 0 radical (unpaired) electrons. The van der Waals surface area contributed by atoms with Crippen LogP contribution in [0.25, 0.3) is 11.4 Å². The van der Waals surface area contributed by atoms with Gasteiger partial charge in [0.05, 0.1) is 0 Å². The van der Waals surface area contributed by atoms with Crippen LogP contribution in [-0.2, 0) is 4.74 Å². The number of rotatable bonds is 2. The van der Waals surface area contributed by atoms with Crippen LogP contribution < -0.4 is 0 Å². The van der Waals surface area contributed by atoms with Gasteiger partial charge in [0.1, 0.15) is 17.5 Å². The first-order valence-corrected chi connectivity index (χ1v) is 10.5. The van der Waals surface area contributed by atoms with Crippen molar-refractivity contribution in [1.29, 1.82) is 0 Å². The summed E-state index contributed by atoms with van der Waals surface area (Å²) in [7, 11) is 0. The monoisotopic (exact) mass is 433 g/mol. The average molecular weight is 433 g/mol. The standard InChI is InChI=1S/C25H24FN3O3/c1-25(2,3)31-24(30)29-15-5-8-21(29)23-27-22(28-32-23)19-13-11-17(12-14-19)9-10-18-6-4-7-20(26)16-18/h4,6-7,11-14,16,21H,5,8,15H2,1-3H3. The lowest BCUT2D eigenvalue weighted by molar-refractivity contribution is 0.0199. The van der Waals surface area contributed by atoms with Crippen molar-refractivity contribution in [3.8, 4) is 23.2 Å². The smallest absolute Gasteiger partial charge is 0.410 e. The van der Waals surface area contributed by atoms with Gasteiger partial charge < -0.3 is 9.26 Å². The van der Waals surface area contributed by atoms with E-state index in [1.54, 1.807) is 17.0 Å². The number of halogens is 1. The van der Waals surface area contributed by atoms with Gasteiger partial charge in [-0.25, -0.2) is 9.18 Å². The lowest BCUT2D eigenvalue weighted by Gasteiger charge is -2.26. The van der Waals surface area contributed by atoms with Gasteiger partial charge in [-0.3, -0.25) is 4.90 Å². The van der Waals surface area contributed by atoms with Crippen LogP contribution in [0.15, 0.2) is 53.1 Å². The lowest BCUT2D eigenvalue weighted by atomic mass is 10.1. The molecule has 32 heavy (non-hydrogen) atoms. The molecule has 1 saturated heterocycles. The number of likely N-dealkylation sites (tertiary alicyclic amines) is 1. The van der Waals surface area contributed by atoms with Crippen LogP contribution in [0.1, 0.15) is 56.7 Å². The number of hydrogen-bond acceptors (Lipinski definition) is 5. The van der Waals surface area contributed by atoms with Crippen molar-refractivity contribution in [3.63, 3.8) is 0 Å². The van der Waals surface area contributed by atoms with Crippen molar-refractivity contribution in [2.45, 2.75) is 45.3 Å². The van der Waals surface area contributed by atoms with Gasteiger partial charge in [-0.2, -0.15) is 4.98 Å². The summed E-state index contributed by atoms with van der Waals surface area (Å²) in [5.74, 6) is 6.49. The van der Waals surface area contributed by atoms with E-state index in [9.17, 15) is 9.18 Å². The molecule has 4 rings (SSSR count). The number of ether oxygens (including phenoxy) is 1. The van der Waals surface area contributed by atoms with Crippen molar-refractivity contribution in [2.24, 2.45) is 0 Å². The maximum absolute atomic E-state index is 13.3. The van der Waals surface area contributed by atoms with Gasteiger partial charge in [0.15, 0.2) is 0 Å². The Balaban J connectivity index is 1.47. The molecule has 0 N–H and O–H groups in total. The van der Waals surface area contributed by atoms with E-state index in [0.29, 0.717) is 23.8 Å². The molecule has 0 spiro atoms. The summed E-state index contributed by atoms with van der Waals surface area (Å²) in [6.45, 7) is 6.11. The largest absolute Gasteiger partial charge is 0.444 e. The second kappa shape index (κ2) is 8.83. The molecule has 164 valence electrons. The minimum Gasteiger partial charge on any atom is -0.444 e. The Morgan fingerprint density at radius 3 is 2.62 bits per heavy atom. The molecule has 1 aliphatic rings. The van der Waals surface area contributed by atoms with Gasteiger partial charge in [-0.05, 0) is 76.1 Å². The van der Waals surface area contributed by atoms with Crippen LogP contribution in [-0.4, -0.2) is 33.3 Å². The number of amides is 1. The predicted octanol–water partition coefficient (Wildman–Crippen LogP) is 5.35. The number of carbonyl (C=O) groups excluding carboxylic acids is 1. The summed E-state index contributed by atoms with van der Waals surface area (Å²) in [6.07, 6.45) is 1.22. The highest BCUT2D eigenvalue weighted by Gasteiger charge is 2.36. The van der Waals surface area contributed by atoms with E-state index in [4.69, 9.17) is 9.26 Å². The molecule has 1 fully saturated rings. The quantitative estimate of drug-likeness (QED) is 0.510. The fourth-order valence-electron chi connectivity index (χ4n) is 3.46. The normalized spacial score (nSPS) is 15.9. The van der Waals surface area contributed by atoms with E-state index in [0.717, 1.165) is 24.0 Å². The zero-order chi connectivity index (χ0) is 22.7. The Kier molecular flexibility index (Phi) is 5.95. The maximum Gasteiger partial charge on any atom is 0.410 e. The molecule has 0 aliphatic carbocycles.